The molecule has 0 atom stereocenters. The highest BCUT2D eigenvalue weighted by Crippen LogP contribution is 2.29. The molecule has 0 radical (unpaired) electrons. The third kappa shape index (κ3) is 8.82. The monoisotopic (exact) mass is 582 g/mol. The fourth-order valence-electron chi connectivity index (χ4n) is 5.04. The van der Waals surface area contributed by atoms with Crippen LogP contribution in [0.25, 0.3) is 0 Å². The van der Waals surface area contributed by atoms with Crippen LogP contribution in [0.1, 0.15) is 45.9 Å². The molecular formula is C31H42N4O5S. The van der Waals surface area contributed by atoms with Gasteiger partial charge in [0, 0.05) is 43.2 Å². The Morgan fingerprint density at radius 3 is 2.44 bits per heavy atom. The summed E-state index contributed by atoms with van der Waals surface area (Å²) >= 11 is 1.52. The molecule has 1 aromatic heterocycles. The smallest absolute Gasteiger partial charge is 0.270 e. The van der Waals surface area contributed by atoms with Crippen molar-refractivity contribution in [2.24, 2.45) is 0 Å². The minimum absolute atomic E-state index is 0.113. The van der Waals surface area contributed by atoms with Crippen LogP contribution in [0, 0.1) is 0 Å². The molecule has 10 heteroatoms. The van der Waals surface area contributed by atoms with Gasteiger partial charge in [-0.2, -0.15) is 0 Å². The minimum atomic E-state index is -0.113. The molecule has 1 aliphatic rings. The number of thiazole rings is 1. The molecule has 0 spiro atoms. The number of amides is 1. The van der Waals surface area contributed by atoms with Gasteiger partial charge in [0.1, 0.15) is 22.2 Å². The van der Waals surface area contributed by atoms with Crippen LogP contribution >= 0.6 is 11.3 Å². The van der Waals surface area contributed by atoms with E-state index in [0.717, 1.165) is 60.2 Å². The molecule has 222 valence electrons. The molecular weight excluding hydrogens is 540 g/mol. The Balaban J connectivity index is 1.43. The Bertz CT molecular complexity index is 1260. The first-order valence-corrected chi connectivity index (χ1v) is 15.0. The molecule has 1 N–H and O–H groups in total. The highest BCUT2D eigenvalue weighted by molar-refractivity contribution is 7.09. The van der Waals surface area contributed by atoms with Gasteiger partial charge in [0.25, 0.3) is 5.91 Å². The molecule has 0 unspecified atom stereocenters. The number of rotatable bonds is 15. The van der Waals surface area contributed by atoms with Crippen molar-refractivity contribution in [2.45, 2.75) is 38.8 Å². The lowest BCUT2D eigenvalue weighted by atomic mass is 10.1. The van der Waals surface area contributed by atoms with E-state index in [1.807, 2.05) is 35.7 Å². The summed E-state index contributed by atoms with van der Waals surface area (Å²) in [6, 6.07) is 11.9. The van der Waals surface area contributed by atoms with E-state index in [1.165, 1.54) is 30.6 Å². The Hall–Kier alpha value is -3.34. The van der Waals surface area contributed by atoms with Crippen LogP contribution in [-0.4, -0.2) is 81.9 Å². The van der Waals surface area contributed by atoms with Gasteiger partial charge in [-0.05, 0) is 56.1 Å². The van der Waals surface area contributed by atoms with Gasteiger partial charge in [-0.25, -0.2) is 4.98 Å². The van der Waals surface area contributed by atoms with Gasteiger partial charge < -0.3 is 29.2 Å². The lowest BCUT2D eigenvalue weighted by Gasteiger charge is -2.26. The molecule has 1 amide bonds. The van der Waals surface area contributed by atoms with Crippen LogP contribution < -0.4 is 24.3 Å². The van der Waals surface area contributed by atoms with Crippen molar-refractivity contribution >= 4 is 17.2 Å². The number of ether oxygens (including phenoxy) is 4. The van der Waals surface area contributed by atoms with E-state index in [2.05, 4.69) is 21.2 Å². The molecule has 0 aliphatic carbocycles. The minimum Gasteiger partial charge on any atom is -0.497 e. The average molecular weight is 583 g/mol. The Morgan fingerprint density at radius 2 is 1.71 bits per heavy atom. The first-order chi connectivity index (χ1) is 20.0. The van der Waals surface area contributed by atoms with E-state index in [4.69, 9.17) is 23.9 Å². The maximum atomic E-state index is 12.8. The molecule has 3 aromatic rings. The number of nitrogens with zero attached hydrogens (tertiary/aromatic N) is 3. The zero-order valence-corrected chi connectivity index (χ0v) is 25.4. The number of aromatic nitrogens is 1. The molecule has 1 saturated heterocycles. The van der Waals surface area contributed by atoms with E-state index < -0.39 is 0 Å². The number of piperidine rings is 1. The van der Waals surface area contributed by atoms with Crippen LogP contribution in [0.15, 0.2) is 41.8 Å². The van der Waals surface area contributed by atoms with Crippen molar-refractivity contribution < 1.29 is 23.7 Å². The number of carbonyl (C=O) groups excluding carboxylic acids is 1. The van der Waals surface area contributed by atoms with Crippen molar-refractivity contribution in [2.75, 3.05) is 61.2 Å². The maximum Gasteiger partial charge on any atom is 0.270 e. The van der Waals surface area contributed by atoms with E-state index in [9.17, 15) is 4.79 Å². The molecule has 2 aromatic carbocycles. The van der Waals surface area contributed by atoms with Gasteiger partial charge in [0.05, 0.1) is 35.0 Å². The lowest BCUT2D eigenvalue weighted by molar-refractivity contribution is 0.0942. The number of hydrogen-bond donors (Lipinski definition) is 1. The van der Waals surface area contributed by atoms with Crippen molar-refractivity contribution in [3.8, 4) is 23.0 Å². The summed E-state index contributed by atoms with van der Waals surface area (Å²) in [4.78, 5) is 22.2. The summed E-state index contributed by atoms with van der Waals surface area (Å²) in [7, 11) is 6.60. The van der Waals surface area contributed by atoms with Crippen LogP contribution in [-0.2, 0) is 19.5 Å². The first kappa shape index (κ1) is 30.6. The van der Waals surface area contributed by atoms with Crippen molar-refractivity contribution in [1.82, 2.24) is 20.1 Å². The average Bonchev–Trinajstić information content (AvgIpc) is 3.49. The zero-order valence-electron chi connectivity index (χ0n) is 24.6. The Morgan fingerprint density at radius 1 is 0.927 bits per heavy atom. The largest absolute Gasteiger partial charge is 0.497 e. The predicted octanol–water partition coefficient (Wildman–Crippen LogP) is 4.64. The van der Waals surface area contributed by atoms with Crippen LogP contribution in [0.4, 0.5) is 0 Å². The molecule has 1 fully saturated rings. The second-order valence-corrected chi connectivity index (χ2v) is 11.1. The van der Waals surface area contributed by atoms with Crippen molar-refractivity contribution in [3.05, 3.63) is 63.6 Å². The Kier molecular flexibility index (Phi) is 11.7. The topological polar surface area (TPSA) is 85.4 Å². The summed E-state index contributed by atoms with van der Waals surface area (Å²) in [5.74, 6) is 2.83. The van der Waals surface area contributed by atoms with E-state index in [1.54, 1.807) is 28.4 Å². The highest BCUT2D eigenvalue weighted by atomic mass is 32.1. The zero-order chi connectivity index (χ0) is 29.0. The summed E-state index contributed by atoms with van der Waals surface area (Å²) in [6.07, 6.45) is 4.59. The third-order valence-electron chi connectivity index (χ3n) is 7.36. The van der Waals surface area contributed by atoms with Crippen molar-refractivity contribution in [3.63, 3.8) is 0 Å². The van der Waals surface area contributed by atoms with Crippen LogP contribution in [0.2, 0.25) is 0 Å². The Labute approximate surface area is 247 Å². The second-order valence-electron chi connectivity index (χ2n) is 10.1. The quantitative estimate of drug-likeness (QED) is 0.278. The molecule has 2 heterocycles. The molecule has 0 bridgehead atoms. The van der Waals surface area contributed by atoms with Gasteiger partial charge in [-0.15, -0.1) is 11.3 Å². The van der Waals surface area contributed by atoms with Gasteiger partial charge in [-0.1, -0.05) is 18.6 Å². The van der Waals surface area contributed by atoms with Gasteiger partial charge in [0.15, 0.2) is 11.5 Å². The molecule has 9 nitrogen and oxygen atoms in total. The van der Waals surface area contributed by atoms with Gasteiger partial charge in [0.2, 0.25) is 0 Å². The lowest BCUT2D eigenvalue weighted by Crippen LogP contribution is -2.37. The molecule has 1 aliphatic heterocycles. The number of hydrogen-bond acceptors (Lipinski definition) is 9. The van der Waals surface area contributed by atoms with Gasteiger partial charge >= 0.3 is 0 Å². The summed E-state index contributed by atoms with van der Waals surface area (Å²) in [5, 5.41) is 5.79. The van der Waals surface area contributed by atoms with Crippen LogP contribution in [0.3, 0.4) is 0 Å². The number of likely N-dealkylation sites (tertiary alicyclic amines) is 1. The summed E-state index contributed by atoms with van der Waals surface area (Å²) in [6.45, 7) is 5.79. The van der Waals surface area contributed by atoms with E-state index >= 15 is 0 Å². The second kappa shape index (κ2) is 15.6. The van der Waals surface area contributed by atoms with E-state index in [0.29, 0.717) is 36.8 Å². The maximum absolute atomic E-state index is 12.8. The summed E-state index contributed by atoms with van der Waals surface area (Å²) in [5.41, 5.74) is 2.67. The molecule has 41 heavy (non-hydrogen) atoms. The number of benzene rings is 2. The summed E-state index contributed by atoms with van der Waals surface area (Å²) < 4.78 is 21.9. The highest BCUT2D eigenvalue weighted by Gasteiger charge is 2.17. The fraction of sp³-hybridized carbons (Fsp3) is 0.484. The fourth-order valence-corrected chi connectivity index (χ4v) is 5.86. The van der Waals surface area contributed by atoms with Crippen molar-refractivity contribution in [1.29, 1.82) is 0 Å². The van der Waals surface area contributed by atoms with Gasteiger partial charge in [-0.3, -0.25) is 9.69 Å². The standard InChI is InChI=1S/C31H42N4O5S/c1-37-25-10-9-24(28(19-25)39-3)20-35(16-12-23-8-11-27(38-2)29(18-23)40-4)21-30-33-26(22-41-30)31(36)32-13-17-34-14-6-5-7-15-34/h8-11,18-19,22H,5-7,12-17,20-21H2,1-4H3,(H,32,36). The number of nitrogens with one attached hydrogen (secondary N) is 1. The predicted molar refractivity (Wildman–Crippen MR) is 162 cm³/mol. The van der Waals surface area contributed by atoms with E-state index in [-0.39, 0.29) is 5.91 Å². The third-order valence-corrected chi connectivity index (χ3v) is 8.19. The number of methoxy groups -OCH3 is 4. The normalized spacial score (nSPS) is 13.7. The SMILES string of the molecule is COc1ccc(CN(CCc2ccc(OC)c(OC)c2)Cc2nc(C(=O)NCCN3CCCCC3)cs2)c(OC)c1. The first-order valence-electron chi connectivity index (χ1n) is 14.1. The molecule has 4 rings (SSSR count). The van der Waals surface area contributed by atoms with Crippen LogP contribution in [0.5, 0.6) is 23.0 Å². The number of carbonyl (C=O) groups is 1. The molecule has 0 saturated carbocycles.